The minimum absolute atomic E-state index is 0.954. The summed E-state index contributed by atoms with van der Waals surface area (Å²) >= 11 is 3.38. The fourth-order valence-corrected chi connectivity index (χ4v) is 1.33. The predicted octanol–water partition coefficient (Wildman–Crippen LogP) is 3.19. The zero-order valence-corrected chi connectivity index (χ0v) is 9.53. The van der Waals surface area contributed by atoms with Gasteiger partial charge in [-0.05, 0) is 24.4 Å². The van der Waals surface area contributed by atoms with Gasteiger partial charge in [-0.1, -0.05) is 28.1 Å². The van der Waals surface area contributed by atoms with Crippen LogP contribution in [0.3, 0.4) is 0 Å². The maximum atomic E-state index is 3.96. The number of rotatable bonds is 3. The first kappa shape index (κ1) is 10.9. The average molecular weight is 251 g/mol. The third-order valence-electron chi connectivity index (χ3n) is 1.68. The van der Waals surface area contributed by atoms with E-state index in [2.05, 4.69) is 32.6 Å². The summed E-state index contributed by atoms with van der Waals surface area (Å²) in [6.45, 7) is 3.43. The van der Waals surface area contributed by atoms with Crippen LogP contribution in [0, 0.1) is 0 Å². The molecule has 1 rings (SSSR count). The maximum absolute atomic E-state index is 3.96. The highest BCUT2D eigenvalue weighted by Crippen LogP contribution is 2.16. The van der Waals surface area contributed by atoms with Crippen LogP contribution in [0.25, 0.3) is 5.57 Å². The molecule has 14 heavy (non-hydrogen) atoms. The van der Waals surface area contributed by atoms with Crippen LogP contribution in [0.5, 0.6) is 0 Å². The standard InChI is InChI=1S/C11H11BrN2/c1-13-7-10(8-14-2)9-3-5-11(12)6-4-9/h3-8H,1H2,2H3/b10-7+,14-8-. The van der Waals surface area contributed by atoms with Gasteiger partial charge in [-0.15, -0.1) is 0 Å². The van der Waals surface area contributed by atoms with Crippen molar-refractivity contribution >= 4 is 34.4 Å². The topological polar surface area (TPSA) is 24.7 Å². The van der Waals surface area contributed by atoms with E-state index in [-0.39, 0.29) is 0 Å². The Morgan fingerprint density at radius 1 is 1.36 bits per heavy atom. The molecular formula is C11H11BrN2. The van der Waals surface area contributed by atoms with E-state index in [9.17, 15) is 0 Å². The van der Waals surface area contributed by atoms with Gasteiger partial charge in [-0.2, -0.15) is 0 Å². The molecule has 0 saturated carbocycles. The van der Waals surface area contributed by atoms with Crippen LogP contribution in [0.15, 0.2) is 44.9 Å². The SMILES string of the molecule is C=N/C=C(\C=N/C)c1ccc(Br)cc1. The normalized spacial score (nSPS) is 12.0. The van der Waals surface area contributed by atoms with E-state index in [4.69, 9.17) is 0 Å². The van der Waals surface area contributed by atoms with Crippen LogP contribution in [0.1, 0.15) is 5.56 Å². The van der Waals surface area contributed by atoms with Crippen molar-refractivity contribution in [3.05, 3.63) is 40.5 Å². The summed E-state index contributed by atoms with van der Waals surface area (Å²) in [6.07, 6.45) is 3.45. The first-order valence-electron chi connectivity index (χ1n) is 4.12. The molecule has 0 aliphatic rings. The van der Waals surface area contributed by atoms with E-state index >= 15 is 0 Å². The molecule has 1 aromatic rings. The second-order valence-electron chi connectivity index (χ2n) is 2.66. The molecule has 0 spiro atoms. The highest BCUT2D eigenvalue weighted by molar-refractivity contribution is 9.10. The Bertz CT molecular complexity index is 363. The van der Waals surface area contributed by atoms with Crippen LogP contribution in [0.4, 0.5) is 0 Å². The van der Waals surface area contributed by atoms with E-state index in [1.54, 1.807) is 19.5 Å². The van der Waals surface area contributed by atoms with Gasteiger partial charge in [0.05, 0.1) is 0 Å². The largest absolute Gasteiger partial charge is 0.296 e. The molecule has 72 valence electrons. The van der Waals surface area contributed by atoms with Crippen molar-refractivity contribution in [1.82, 2.24) is 0 Å². The van der Waals surface area contributed by atoms with Gasteiger partial charge in [0.15, 0.2) is 0 Å². The number of benzene rings is 1. The zero-order chi connectivity index (χ0) is 10.4. The first-order chi connectivity index (χ1) is 6.77. The van der Waals surface area contributed by atoms with E-state index in [1.165, 1.54) is 0 Å². The molecule has 0 aliphatic heterocycles. The fraction of sp³-hybridized carbons (Fsp3) is 0.0909. The summed E-state index contributed by atoms with van der Waals surface area (Å²) in [6, 6.07) is 7.97. The van der Waals surface area contributed by atoms with Gasteiger partial charge >= 0.3 is 0 Å². The number of halogens is 1. The molecule has 0 aliphatic carbocycles. The van der Waals surface area contributed by atoms with E-state index in [0.717, 1.165) is 15.6 Å². The maximum Gasteiger partial charge on any atom is 0.0354 e. The molecule has 0 bridgehead atoms. The van der Waals surface area contributed by atoms with Crippen molar-refractivity contribution in [2.75, 3.05) is 7.05 Å². The number of aliphatic imine (C=N–C) groups is 2. The molecule has 0 amide bonds. The Kier molecular flexibility index (Phi) is 4.26. The summed E-state index contributed by atoms with van der Waals surface area (Å²) in [5.41, 5.74) is 2.03. The number of hydrogen-bond acceptors (Lipinski definition) is 2. The third-order valence-corrected chi connectivity index (χ3v) is 2.20. The fourth-order valence-electron chi connectivity index (χ4n) is 1.06. The van der Waals surface area contributed by atoms with Gasteiger partial charge in [0.25, 0.3) is 0 Å². The second-order valence-corrected chi connectivity index (χ2v) is 3.58. The summed E-state index contributed by atoms with van der Waals surface area (Å²) in [7, 11) is 1.73. The lowest BCUT2D eigenvalue weighted by atomic mass is 10.1. The number of nitrogens with zero attached hydrogens (tertiary/aromatic N) is 2. The lowest BCUT2D eigenvalue weighted by Gasteiger charge is -2.00. The summed E-state index contributed by atoms with van der Waals surface area (Å²) in [5.74, 6) is 0. The Labute approximate surface area is 92.2 Å². The van der Waals surface area contributed by atoms with Crippen LogP contribution in [0.2, 0.25) is 0 Å². The smallest absolute Gasteiger partial charge is 0.0354 e. The molecule has 0 heterocycles. The van der Waals surface area contributed by atoms with Gasteiger partial charge in [0, 0.05) is 29.5 Å². The van der Waals surface area contributed by atoms with Crippen molar-refractivity contribution in [3.63, 3.8) is 0 Å². The van der Waals surface area contributed by atoms with Crippen LogP contribution in [-0.2, 0) is 0 Å². The minimum Gasteiger partial charge on any atom is -0.296 e. The van der Waals surface area contributed by atoms with Crippen LogP contribution in [-0.4, -0.2) is 20.0 Å². The number of allylic oxidation sites excluding steroid dienone is 1. The molecule has 0 atom stereocenters. The van der Waals surface area contributed by atoms with E-state index in [1.807, 2.05) is 24.3 Å². The summed E-state index contributed by atoms with van der Waals surface area (Å²) < 4.78 is 1.06. The van der Waals surface area contributed by atoms with Gasteiger partial charge in [-0.3, -0.25) is 9.98 Å². The number of hydrogen-bond donors (Lipinski definition) is 0. The second kappa shape index (κ2) is 5.50. The van der Waals surface area contributed by atoms with Crippen molar-refractivity contribution in [3.8, 4) is 0 Å². The lowest BCUT2D eigenvalue weighted by Crippen LogP contribution is -1.85. The molecule has 3 heteroatoms. The highest BCUT2D eigenvalue weighted by Gasteiger charge is 1.97. The van der Waals surface area contributed by atoms with Crippen molar-refractivity contribution in [1.29, 1.82) is 0 Å². The van der Waals surface area contributed by atoms with Crippen molar-refractivity contribution < 1.29 is 0 Å². The Hall–Kier alpha value is -1.22. The van der Waals surface area contributed by atoms with E-state index < -0.39 is 0 Å². The summed E-state index contributed by atoms with van der Waals surface area (Å²) in [5, 5.41) is 0. The van der Waals surface area contributed by atoms with Gasteiger partial charge in [0.2, 0.25) is 0 Å². The molecule has 0 saturated heterocycles. The molecule has 0 aromatic heterocycles. The van der Waals surface area contributed by atoms with Gasteiger partial charge in [0.1, 0.15) is 0 Å². The van der Waals surface area contributed by atoms with Crippen LogP contribution >= 0.6 is 15.9 Å². The zero-order valence-electron chi connectivity index (χ0n) is 7.94. The predicted molar refractivity (Wildman–Crippen MR) is 66.1 cm³/mol. The average Bonchev–Trinajstić information content (AvgIpc) is 2.19. The van der Waals surface area contributed by atoms with Crippen molar-refractivity contribution in [2.24, 2.45) is 9.98 Å². The molecule has 2 nitrogen and oxygen atoms in total. The Morgan fingerprint density at radius 3 is 2.50 bits per heavy atom. The molecule has 0 unspecified atom stereocenters. The summed E-state index contributed by atoms with van der Waals surface area (Å²) in [4.78, 5) is 7.70. The van der Waals surface area contributed by atoms with Crippen molar-refractivity contribution in [2.45, 2.75) is 0 Å². The minimum atomic E-state index is 0.954. The van der Waals surface area contributed by atoms with Crippen LogP contribution < -0.4 is 0 Å². The molecule has 0 fully saturated rings. The highest BCUT2D eigenvalue weighted by atomic mass is 79.9. The Morgan fingerprint density at radius 2 is 2.00 bits per heavy atom. The Balaban J connectivity index is 3.05. The quantitative estimate of drug-likeness (QED) is 0.737. The first-order valence-corrected chi connectivity index (χ1v) is 4.91. The molecule has 0 radical (unpaired) electrons. The lowest BCUT2D eigenvalue weighted by molar-refractivity contribution is 1.47. The van der Waals surface area contributed by atoms with Gasteiger partial charge < -0.3 is 0 Å². The van der Waals surface area contributed by atoms with E-state index in [0.29, 0.717) is 0 Å². The molecular weight excluding hydrogens is 240 g/mol. The third kappa shape index (κ3) is 2.92. The monoisotopic (exact) mass is 250 g/mol. The molecule has 1 aromatic carbocycles. The molecule has 0 N–H and O–H groups in total. The van der Waals surface area contributed by atoms with Gasteiger partial charge in [-0.25, -0.2) is 0 Å².